The fourth-order valence-corrected chi connectivity index (χ4v) is 5.11. The van der Waals surface area contributed by atoms with Gasteiger partial charge in [0.05, 0.1) is 26.5 Å². The SMILES string of the molecule is CCN(C(=O)c1ccc(-c2nc3ccccc3n2CC)s1)c1cccc2ccccc12. The van der Waals surface area contributed by atoms with E-state index in [4.69, 9.17) is 4.98 Å². The molecule has 0 aliphatic rings. The van der Waals surface area contributed by atoms with E-state index in [1.54, 1.807) is 0 Å². The highest BCUT2D eigenvalue weighted by atomic mass is 32.1. The van der Waals surface area contributed by atoms with Crippen LogP contribution in [-0.2, 0) is 6.54 Å². The third kappa shape index (κ3) is 3.31. The molecule has 0 N–H and O–H groups in total. The van der Waals surface area contributed by atoms with Crippen LogP contribution < -0.4 is 4.90 Å². The maximum absolute atomic E-state index is 13.5. The number of carbonyl (C=O) groups is 1. The zero-order valence-electron chi connectivity index (χ0n) is 17.6. The van der Waals surface area contributed by atoms with Gasteiger partial charge in [0.2, 0.25) is 0 Å². The fourth-order valence-electron chi connectivity index (χ4n) is 4.16. The topological polar surface area (TPSA) is 38.1 Å². The molecular formula is C26H23N3OS. The van der Waals surface area contributed by atoms with Gasteiger partial charge in [-0.25, -0.2) is 4.98 Å². The number of hydrogen-bond acceptors (Lipinski definition) is 3. The van der Waals surface area contributed by atoms with E-state index in [0.29, 0.717) is 6.54 Å². The van der Waals surface area contributed by atoms with Crippen LogP contribution in [0.1, 0.15) is 23.5 Å². The predicted octanol–water partition coefficient (Wildman–Crippen LogP) is 6.60. The number of carbonyl (C=O) groups excluding carboxylic acids is 1. The Labute approximate surface area is 185 Å². The molecule has 4 nitrogen and oxygen atoms in total. The van der Waals surface area contributed by atoms with Crippen LogP contribution in [0.3, 0.4) is 0 Å². The summed E-state index contributed by atoms with van der Waals surface area (Å²) in [6, 6.07) is 26.4. The summed E-state index contributed by atoms with van der Waals surface area (Å²) in [4.78, 5) is 21.9. The quantitative estimate of drug-likeness (QED) is 0.318. The Morgan fingerprint density at radius 1 is 0.935 bits per heavy atom. The molecule has 0 radical (unpaired) electrons. The summed E-state index contributed by atoms with van der Waals surface area (Å²) in [6.07, 6.45) is 0. The minimum absolute atomic E-state index is 0.0225. The molecule has 2 aromatic heterocycles. The highest BCUT2D eigenvalue weighted by molar-refractivity contribution is 7.17. The van der Waals surface area contributed by atoms with E-state index in [0.717, 1.165) is 49.6 Å². The van der Waals surface area contributed by atoms with Gasteiger partial charge in [-0.05, 0) is 49.6 Å². The molecule has 2 heterocycles. The van der Waals surface area contributed by atoms with Gasteiger partial charge in [0, 0.05) is 18.5 Å². The van der Waals surface area contributed by atoms with Crippen molar-refractivity contribution in [2.45, 2.75) is 20.4 Å². The van der Waals surface area contributed by atoms with Gasteiger partial charge in [-0.3, -0.25) is 4.79 Å². The zero-order chi connectivity index (χ0) is 21.4. The second-order valence-corrected chi connectivity index (χ2v) is 8.46. The molecule has 0 bridgehead atoms. The molecule has 0 saturated heterocycles. The molecule has 0 unspecified atom stereocenters. The van der Waals surface area contributed by atoms with Crippen molar-refractivity contribution in [3.63, 3.8) is 0 Å². The molecule has 31 heavy (non-hydrogen) atoms. The van der Waals surface area contributed by atoms with Crippen molar-refractivity contribution in [2.75, 3.05) is 11.4 Å². The minimum Gasteiger partial charge on any atom is -0.324 e. The second-order valence-electron chi connectivity index (χ2n) is 7.38. The number of para-hydroxylation sites is 2. The third-order valence-corrected chi connectivity index (χ3v) is 6.70. The molecule has 5 heteroatoms. The first-order chi connectivity index (χ1) is 15.2. The van der Waals surface area contributed by atoms with Crippen molar-refractivity contribution < 1.29 is 4.79 Å². The molecule has 0 aliphatic carbocycles. The maximum Gasteiger partial charge on any atom is 0.268 e. The van der Waals surface area contributed by atoms with Gasteiger partial charge in [0.25, 0.3) is 5.91 Å². The zero-order valence-corrected chi connectivity index (χ0v) is 18.4. The Morgan fingerprint density at radius 3 is 2.55 bits per heavy atom. The predicted molar refractivity (Wildman–Crippen MR) is 130 cm³/mol. The number of aryl methyl sites for hydroxylation is 1. The van der Waals surface area contributed by atoms with E-state index in [-0.39, 0.29) is 5.91 Å². The summed E-state index contributed by atoms with van der Waals surface area (Å²) in [5.41, 5.74) is 3.04. The Bertz CT molecular complexity index is 1390. The Morgan fingerprint density at radius 2 is 1.71 bits per heavy atom. The van der Waals surface area contributed by atoms with Crippen LogP contribution in [0.4, 0.5) is 5.69 Å². The molecule has 0 saturated carbocycles. The number of amides is 1. The first kappa shape index (κ1) is 19.5. The van der Waals surface area contributed by atoms with Crippen LogP contribution in [0.25, 0.3) is 32.5 Å². The largest absolute Gasteiger partial charge is 0.324 e. The maximum atomic E-state index is 13.5. The number of rotatable bonds is 5. The van der Waals surface area contributed by atoms with Crippen LogP contribution in [-0.4, -0.2) is 22.0 Å². The van der Waals surface area contributed by atoms with Crippen LogP contribution in [0, 0.1) is 0 Å². The van der Waals surface area contributed by atoms with Gasteiger partial charge >= 0.3 is 0 Å². The molecule has 1 amide bonds. The van der Waals surface area contributed by atoms with Gasteiger partial charge in [-0.2, -0.15) is 0 Å². The number of aromatic nitrogens is 2. The minimum atomic E-state index is 0.0225. The Hall–Kier alpha value is -3.44. The number of imidazole rings is 1. The van der Waals surface area contributed by atoms with Crippen molar-refractivity contribution >= 4 is 44.7 Å². The lowest BCUT2D eigenvalue weighted by Gasteiger charge is -2.22. The van der Waals surface area contributed by atoms with Crippen molar-refractivity contribution in [3.05, 3.63) is 83.7 Å². The standard InChI is InChI=1S/C26H23N3OS/c1-3-28-22-14-8-7-13-20(22)27-25(28)23-16-17-24(31-23)26(30)29(4-2)21-15-9-11-18-10-5-6-12-19(18)21/h5-17H,3-4H2,1-2H3. The van der Waals surface area contributed by atoms with E-state index in [2.05, 4.69) is 35.8 Å². The number of hydrogen-bond donors (Lipinski definition) is 0. The first-order valence-electron chi connectivity index (χ1n) is 10.6. The number of nitrogens with zero attached hydrogens (tertiary/aromatic N) is 3. The van der Waals surface area contributed by atoms with E-state index in [1.165, 1.54) is 11.3 Å². The van der Waals surface area contributed by atoms with Crippen LogP contribution in [0.5, 0.6) is 0 Å². The summed E-state index contributed by atoms with van der Waals surface area (Å²) in [6.45, 7) is 5.57. The average molecular weight is 426 g/mol. The monoisotopic (exact) mass is 425 g/mol. The molecule has 5 rings (SSSR count). The molecule has 3 aromatic carbocycles. The molecule has 0 aliphatic heterocycles. The van der Waals surface area contributed by atoms with Crippen LogP contribution in [0.2, 0.25) is 0 Å². The second kappa shape index (κ2) is 8.00. The molecule has 5 aromatic rings. The van der Waals surface area contributed by atoms with Crippen LogP contribution >= 0.6 is 11.3 Å². The Balaban J connectivity index is 1.54. The Kier molecular flexibility index (Phi) is 5.04. The van der Waals surface area contributed by atoms with Crippen molar-refractivity contribution in [1.82, 2.24) is 9.55 Å². The summed E-state index contributed by atoms with van der Waals surface area (Å²) in [7, 11) is 0. The lowest BCUT2D eigenvalue weighted by molar-refractivity contribution is 0.0992. The van der Waals surface area contributed by atoms with E-state index < -0.39 is 0 Å². The van der Waals surface area contributed by atoms with Gasteiger partial charge in [0.15, 0.2) is 5.82 Å². The number of fused-ring (bicyclic) bond motifs is 2. The third-order valence-electron chi connectivity index (χ3n) is 5.63. The first-order valence-corrected chi connectivity index (χ1v) is 11.4. The van der Waals surface area contributed by atoms with Gasteiger partial charge in [0.1, 0.15) is 0 Å². The van der Waals surface area contributed by atoms with Crippen molar-refractivity contribution in [3.8, 4) is 10.7 Å². The average Bonchev–Trinajstić information content (AvgIpc) is 3.44. The van der Waals surface area contributed by atoms with Gasteiger partial charge in [-0.15, -0.1) is 11.3 Å². The van der Waals surface area contributed by atoms with Crippen molar-refractivity contribution in [1.29, 1.82) is 0 Å². The van der Waals surface area contributed by atoms with E-state index in [9.17, 15) is 4.79 Å². The number of benzene rings is 3. The van der Waals surface area contributed by atoms with Crippen LogP contribution in [0.15, 0.2) is 78.9 Å². The highest BCUT2D eigenvalue weighted by Gasteiger charge is 2.21. The summed E-state index contributed by atoms with van der Waals surface area (Å²) in [5, 5.41) is 2.22. The smallest absolute Gasteiger partial charge is 0.268 e. The van der Waals surface area contributed by atoms with E-state index in [1.807, 2.05) is 66.4 Å². The highest BCUT2D eigenvalue weighted by Crippen LogP contribution is 2.33. The van der Waals surface area contributed by atoms with E-state index >= 15 is 0 Å². The number of anilines is 1. The summed E-state index contributed by atoms with van der Waals surface area (Å²) in [5.74, 6) is 0.940. The molecule has 0 atom stereocenters. The molecular weight excluding hydrogens is 402 g/mol. The molecule has 154 valence electrons. The van der Waals surface area contributed by atoms with Gasteiger partial charge < -0.3 is 9.47 Å². The summed E-state index contributed by atoms with van der Waals surface area (Å²) < 4.78 is 2.21. The summed E-state index contributed by atoms with van der Waals surface area (Å²) >= 11 is 1.51. The van der Waals surface area contributed by atoms with Gasteiger partial charge in [-0.1, -0.05) is 48.5 Å². The lowest BCUT2D eigenvalue weighted by atomic mass is 10.1. The number of thiophene rings is 1. The fraction of sp³-hybridized carbons (Fsp3) is 0.154. The normalized spacial score (nSPS) is 11.3. The molecule has 0 spiro atoms. The van der Waals surface area contributed by atoms with Crippen molar-refractivity contribution in [2.24, 2.45) is 0 Å². The lowest BCUT2D eigenvalue weighted by Crippen LogP contribution is -2.30. The molecule has 0 fully saturated rings.